The lowest BCUT2D eigenvalue weighted by atomic mass is 10.1. The highest BCUT2D eigenvalue weighted by Crippen LogP contribution is 2.21. The molecule has 1 aromatic carbocycles. The van der Waals surface area contributed by atoms with Crippen LogP contribution in [0.4, 0.5) is 8.78 Å². The van der Waals surface area contributed by atoms with Crippen LogP contribution in [0.25, 0.3) is 0 Å². The summed E-state index contributed by atoms with van der Waals surface area (Å²) in [6.45, 7) is 0. The molecule has 0 fully saturated rings. The molecule has 1 heterocycles. The van der Waals surface area contributed by atoms with Crippen molar-refractivity contribution < 1.29 is 18.7 Å². The molecule has 1 N–H and O–H groups in total. The average molecular weight is 237 g/mol. The van der Waals surface area contributed by atoms with E-state index in [9.17, 15) is 13.6 Å². The van der Waals surface area contributed by atoms with Gasteiger partial charge in [0.2, 0.25) is 0 Å². The van der Waals surface area contributed by atoms with Gasteiger partial charge in [-0.2, -0.15) is 0 Å². The van der Waals surface area contributed by atoms with E-state index in [1.807, 2.05) is 0 Å². The van der Waals surface area contributed by atoms with Crippen molar-refractivity contribution in [2.24, 2.45) is 0 Å². The van der Waals surface area contributed by atoms with Gasteiger partial charge < -0.3 is 9.67 Å². The number of carboxylic acid groups (broad SMARTS) is 1. The van der Waals surface area contributed by atoms with Crippen molar-refractivity contribution in [2.45, 2.75) is 6.04 Å². The van der Waals surface area contributed by atoms with Gasteiger partial charge in [0.05, 0.1) is 0 Å². The number of hydrogen-bond donors (Lipinski definition) is 1. The minimum atomic E-state index is -1.13. The third-order valence-electron chi connectivity index (χ3n) is 2.42. The standard InChI is InChI=1S/C12H9F2NO2/c13-9-4-3-8(7-10(9)14)11(12(16)17)15-5-1-2-6-15/h1-7,11H,(H,16,17). The number of aliphatic carboxylic acids is 1. The highest BCUT2D eigenvalue weighted by molar-refractivity contribution is 5.76. The van der Waals surface area contributed by atoms with Gasteiger partial charge in [-0.05, 0) is 29.8 Å². The number of rotatable bonds is 3. The summed E-state index contributed by atoms with van der Waals surface area (Å²) in [7, 11) is 0. The van der Waals surface area contributed by atoms with E-state index in [4.69, 9.17) is 5.11 Å². The lowest BCUT2D eigenvalue weighted by molar-refractivity contribution is -0.139. The predicted octanol–water partition coefficient (Wildman–Crippen LogP) is 2.44. The normalized spacial score (nSPS) is 12.4. The van der Waals surface area contributed by atoms with Crippen molar-refractivity contribution in [3.05, 3.63) is 59.9 Å². The van der Waals surface area contributed by atoms with E-state index in [1.54, 1.807) is 24.5 Å². The summed E-state index contributed by atoms with van der Waals surface area (Å²) in [6, 6.07) is 5.35. The van der Waals surface area contributed by atoms with Crippen LogP contribution in [0.5, 0.6) is 0 Å². The van der Waals surface area contributed by atoms with Crippen LogP contribution < -0.4 is 0 Å². The minimum Gasteiger partial charge on any atom is -0.479 e. The van der Waals surface area contributed by atoms with Gasteiger partial charge >= 0.3 is 5.97 Å². The van der Waals surface area contributed by atoms with E-state index >= 15 is 0 Å². The average Bonchev–Trinajstić information content (AvgIpc) is 2.76. The largest absolute Gasteiger partial charge is 0.479 e. The van der Waals surface area contributed by atoms with Crippen molar-refractivity contribution in [3.8, 4) is 0 Å². The highest BCUT2D eigenvalue weighted by atomic mass is 19.2. The fraction of sp³-hybridized carbons (Fsp3) is 0.0833. The van der Waals surface area contributed by atoms with Gasteiger partial charge in [-0.1, -0.05) is 6.07 Å². The molecule has 0 saturated carbocycles. The minimum absolute atomic E-state index is 0.188. The van der Waals surface area contributed by atoms with Gasteiger partial charge in [0.15, 0.2) is 17.7 Å². The Morgan fingerprint density at radius 1 is 1.18 bits per heavy atom. The van der Waals surface area contributed by atoms with E-state index in [0.29, 0.717) is 0 Å². The number of nitrogens with zero attached hydrogens (tertiary/aromatic N) is 1. The Bertz CT molecular complexity index is 537. The summed E-state index contributed by atoms with van der Waals surface area (Å²) in [4.78, 5) is 11.2. The molecule has 2 rings (SSSR count). The van der Waals surface area contributed by atoms with E-state index in [2.05, 4.69) is 0 Å². The van der Waals surface area contributed by atoms with Crippen molar-refractivity contribution in [3.63, 3.8) is 0 Å². The molecule has 0 aliphatic rings. The smallest absolute Gasteiger partial charge is 0.331 e. The molecule has 3 nitrogen and oxygen atoms in total. The predicted molar refractivity (Wildman–Crippen MR) is 56.6 cm³/mol. The van der Waals surface area contributed by atoms with Gasteiger partial charge in [0, 0.05) is 12.4 Å². The molecule has 0 bridgehead atoms. The lowest BCUT2D eigenvalue weighted by Gasteiger charge is -2.14. The highest BCUT2D eigenvalue weighted by Gasteiger charge is 2.22. The molecule has 88 valence electrons. The summed E-state index contributed by atoms with van der Waals surface area (Å²) in [5.41, 5.74) is 0.188. The number of halogens is 2. The molecule has 0 aliphatic carbocycles. The van der Waals surface area contributed by atoms with Crippen molar-refractivity contribution in [1.29, 1.82) is 0 Å². The third-order valence-corrected chi connectivity index (χ3v) is 2.42. The van der Waals surface area contributed by atoms with Gasteiger partial charge in [-0.15, -0.1) is 0 Å². The molecule has 0 radical (unpaired) electrons. The third kappa shape index (κ3) is 2.18. The van der Waals surface area contributed by atoms with Gasteiger partial charge in [-0.25, -0.2) is 13.6 Å². The maximum absolute atomic E-state index is 13.1. The molecule has 0 spiro atoms. The van der Waals surface area contributed by atoms with Crippen LogP contribution in [0.3, 0.4) is 0 Å². The lowest BCUT2D eigenvalue weighted by Crippen LogP contribution is -2.19. The zero-order chi connectivity index (χ0) is 12.4. The molecule has 0 saturated heterocycles. The number of hydrogen-bond acceptors (Lipinski definition) is 1. The Morgan fingerprint density at radius 2 is 1.82 bits per heavy atom. The molecule has 2 aromatic rings. The molecule has 5 heteroatoms. The van der Waals surface area contributed by atoms with Gasteiger partial charge in [0.25, 0.3) is 0 Å². The quantitative estimate of drug-likeness (QED) is 0.890. The second kappa shape index (κ2) is 4.37. The molecular weight excluding hydrogens is 228 g/mol. The molecule has 0 amide bonds. The van der Waals surface area contributed by atoms with E-state index < -0.39 is 23.6 Å². The van der Waals surface area contributed by atoms with Crippen LogP contribution in [-0.2, 0) is 4.79 Å². The van der Waals surface area contributed by atoms with Gasteiger partial charge in [0.1, 0.15) is 0 Å². The Hall–Kier alpha value is -2.17. The topological polar surface area (TPSA) is 42.2 Å². The Morgan fingerprint density at radius 3 is 2.35 bits per heavy atom. The summed E-state index contributed by atoms with van der Waals surface area (Å²) in [6.07, 6.45) is 3.11. The van der Waals surface area contributed by atoms with Crippen LogP contribution in [0.15, 0.2) is 42.7 Å². The second-order valence-electron chi connectivity index (χ2n) is 3.54. The molecule has 1 aromatic heterocycles. The SMILES string of the molecule is O=C(O)C(c1ccc(F)c(F)c1)n1cccc1. The van der Waals surface area contributed by atoms with Gasteiger partial charge in [-0.3, -0.25) is 0 Å². The van der Waals surface area contributed by atoms with Crippen LogP contribution >= 0.6 is 0 Å². The van der Waals surface area contributed by atoms with Crippen molar-refractivity contribution in [1.82, 2.24) is 4.57 Å². The first-order chi connectivity index (χ1) is 8.09. The van der Waals surface area contributed by atoms with Crippen LogP contribution in [0, 0.1) is 11.6 Å². The zero-order valence-electron chi connectivity index (χ0n) is 8.68. The van der Waals surface area contributed by atoms with Crippen LogP contribution in [0.2, 0.25) is 0 Å². The molecular formula is C12H9F2NO2. The van der Waals surface area contributed by atoms with E-state index in [1.165, 1.54) is 10.6 Å². The first-order valence-corrected chi connectivity index (χ1v) is 4.90. The first-order valence-electron chi connectivity index (χ1n) is 4.90. The second-order valence-corrected chi connectivity index (χ2v) is 3.54. The van der Waals surface area contributed by atoms with Crippen molar-refractivity contribution >= 4 is 5.97 Å². The number of benzene rings is 1. The number of carbonyl (C=O) groups is 1. The van der Waals surface area contributed by atoms with Crippen molar-refractivity contribution in [2.75, 3.05) is 0 Å². The fourth-order valence-corrected chi connectivity index (χ4v) is 1.64. The van der Waals surface area contributed by atoms with E-state index in [0.717, 1.165) is 12.1 Å². The maximum atomic E-state index is 13.1. The summed E-state index contributed by atoms with van der Waals surface area (Å²) < 4.78 is 27.3. The monoisotopic (exact) mass is 237 g/mol. The fourth-order valence-electron chi connectivity index (χ4n) is 1.64. The Kier molecular flexibility index (Phi) is 2.91. The zero-order valence-corrected chi connectivity index (χ0v) is 8.68. The summed E-state index contributed by atoms with van der Waals surface area (Å²) in [5.74, 6) is -3.18. The molecule has 1 atom stereocenters. The summed E-state index contributed by atoms with van der Waals surface area (Å²) in [5, 5.41) is 9.12. The Labute approximate surface area is 95.9 Å². The summed E-state index contributed by atoms with van der Waals surface area (Å²) >= 11 is 0. The number of aromatic nitrogens is 1. The van der Waals surface area contributed by atoms with Crippen LogP contribution in [-0.4, -0.2) is 15.6 Å². The maximum Gasteiger partial charge on any atom is 0.331 e. The van der Waals surface area contributed by atoms with Crippen LogP contribution in [0.1, 0.15) is 11.6 Å². The van der Waals surface area contributed by atoms with E-state index in [-0.39, 0.29) is 5.56 Å². The first kappa shape index (κ1) is 11.3. The Balaban J connectivity index is 2.47. The molecule has 17 heavy (non-hydrogen) atoms. The molecule has 0 aliphatic heterocycles. The molecule has 1 unspecified atom stereocenters. The number of carboxylic acids is 1.